The van der Waals surface area contributed by atoms with Gasteiger partial charge in [0.15, 0.2) is 0 Å². The summed E-state index contributed by atoms with van der Waals surface area (Å²) in [6, 6.07) is 7.16. The highest BCUT2D eigenvalue weighted by Crippen LogP contribution is 2.37. The van der Waals surface area contributed by atoms with Crippen molar-refractivity contribution >= 4 is 10.0 Å². The molecule has 0 aliphatic heterocycles. The molecule has 112 valence electrons. The first-order valence-corrected chi connectivity index (χ1v) is 8.57. The largest absolute Gasteiger partial charge is 0.316 e. The van der Waals surface area contributed by atoms with Gasteiger partial charge in [-0.3, -0.25) is 0 Å². The van der Waals surface area contributed by atoms with Crippen LogP contribution in [0.5, 0.6) is 0 Å². The van der Waals surface area contributed by atoms with Crippen LogP contribution in [0.4, 0.5) is 0 Å². The third-order valence-electron chi connectivity index (χ3n) is 3.88. The van der Waals surface area contributed by atoms with E-state index >= 15 is 0 Å². The van der Waals surface area contributed by atoms with Crippen LogP contribution >= 0.6 is 0 Å². The molecule has 0 radical (unpaired) electrons. The van der Waals surface area contributed by atoms with Crippen LogP contribution in [0.15, 0.2) is 29.2 Å². The Morgan fingerprint density at radius 2 is 2.10 bits per heavy atom. The van der Waals surface area contributed by atoms with Crippen LogP contribution < -0.4 is 10.0 Å². The first-order chi connectivity index (χ1) is 9.32. The van der Waals surface area contributed by atoms with E-state index in [0.29, 0.717) is 11.4 Å². The summed E-state index contributed by atoms with van der Waals surface area (Å²) in [6.07, 6.45) is 2.89. The molecule has 0 saturated heterocycles. The molecule has 0 bridgehead atoms. The van der Waals surface area contributed by atoms with Gasteiger partial charge in [0.05, 0.1) is 4.90 Å². The van der Waals surface area contributed by atoms with Crippen LogP contribution in [0, 0.1) is 5.41 Å². The molecular formula is C15H24N2O2S. The summed E-state index contributed by atoms with van der Waals surface area (Å²) in [5.74, 6) is 0. The SMILES string of the molecule is CNCc1cccc(S(=O)(=O)NC2CCC(C)(C)C2)c1. The molecule has 0 heterocycles. The Hall–Kier alpha value is -0.910. The molecule has 5 heteroatoms. The minimum absolute atomic E-state index is 0.0583. The highest BCUT2D eigenvalue weighted by molar-refractivity contribution is 7.89. The second kappa shape index (κ2) is 5.84. The zero-order valence-corrected chi connectivity index (χ0v) is 13.3. The van der Waals surface area contributed by atoms with Gasteiger partial charge in [-0.15, -0.1) is 0 Å². The molecule has 2 rings (SSSR count). The third kappa shape index (κ3) is 3.81. The minimum Gasteiger partial charge on any atom is -0.316 e. The van der Waals surface area contributed by atoms with Crippen molar-refractivity contribution < 1.29 is 8.42 Å². The highest BCUT2D eigenvalue weighted by Gasteiger charge is 2.33. The molecule has 1 aliphatic carbocycles. The van der Waals surface area contributed by atoms with Gasteiger partial charge in [-0.1, -0.05) is 26.0 Å². The summed E-state index contributed by atoms with van der Waals surface area (Å²) < 4.78 is 27.7. The third-order valence-corrected chi connectivity index (χ3v) is 5.40. The summed E-state index contributed by atoms with van der Waals surface area (Å²) in [6.45, 7) is 5.05. The first-order valence-electron chi connectivity index (χ1n) is 7.08. The van der Waals surface area contributed by atoms with Gasteiger partial charge in [-0.2, -0.15) is 0 Å². The molecule has 1 atom stereocenters. The maximum Gasteiger partial charge on any atom is 0.240 e. The average molecular weight is 296 g/mol. The monoisotopic (exact) mass is 296 g/mol. The van der Waals surface area contributed by atoms with Gasteiger partial charge in [-0.25, -0.2) is 13.1 Å². The van der Waals surface area contributed by atoms with Crippen molar-refractivity contribution in [2.24, 2.45) is 5.41 Å². The fourth-order valence-corrected chi connectivity index (χ4v) is 4.19. The topological polar surface area (TPSA) is 58.2 Å². The second-order valence-electron chi connectivity index (χ2n) is 6.40. The van der Waals surface area contributed by atoms with E-state index in [2.05, 4.69) is 23.9 Å². The minimum atomic E-state index is -3.41. The Bertz CT molecular complexity index is 567. The van der Waals surface area contributed by atoms with Gasteiger partial charge in [0.1, 0.15) is 0 Å². The Kier molecular flexibility index (Phi) is 4.52. The Morgan fingerprint density at radius 3 is 2.70 bits per heavy atom. The molecule has 1 unspecified atom stereocenters. The standard InChI is InChI=1S/C15H24N2O2S/c1-15(2)8-7-13(10-15)17-20(18,19)14-6-4-5-12(9-14)11-16-3/h4-6,9,13,16-17H,7-8,10-11H2,1-3H3. The lowest BCUT2D eigenvalue weighted by Gasteiger charge is -2.18. The lowest BCUT2D eigenvalue weighted by molar-refractivity contribution is 0.372. The number of rotatable bonds is 5. The van der Waals surface area contributed by atoms with Crippen LogP contribution in [0.2, 0.25) is 0 Å². The van der Waals surface area contributed by atoms with E-state index in [4.69, 9.17) is 0 Å². The maximum atomic E-state index is 12.4. The van der Waals surface area contributed by atoms with Gasteiger partial charge in [0.25, 0.3) is 0 Å². The van der Waals surface area contributed by atoms with E-state index in [1.165, 1.54) is 0 Å². The smallest absolute Gasteiger partial charge is 0.240 e. The number of benzene rings is 1. The average Bonchev–Trinajstić information content (AvgIpc) is 2.69. The molecule has 0 aromatic heterocycles. The molecule has 1 fully saturated rings. The van der Waals surface area contributed by atoms with Crippen molar-refractivity contribution in [2.45, 2.75) is 50.6 Å². The summed E-state index contributed by atoms with van der Waals surface area (Å²) in [4.78, 5) is 0.356. The number of hydrogen-bond acceptors (Lipinski definition) is 3. The molecule has 1 saturated carbocycles. The van der Waals surface area contributed by atoms with E-state index in [1.54, 1.807) is 18.2 Å². The summed E-state index contributed by atoms with van der Waals surface area (Å²) in [7, 11) is -1.57. The van der Waals surface area contributed by atoms with E-state index in [1.807, 2.05) is 13.1 Å². The quantitative estimate of drug-likeness (QED) is 0.876. The molecule has 4 nitrogen and oxygen atoms in total. The molecule has 20 heavy (non-hydrogen) atoms. The van der Waals surface area contributed by atoms with Crippen molar-refractivity contribution in [3.63, 3.8) is 0 Å². The van der Waals surface area contributed by atoms with Crippen molar-refractivity contribution in [2.75, 3.05) is 7.05 Å². The van der Waals surface area contributed by atoms with Crippen LogP contribution in [0.25, 0.3) is 0 Å². The highest BCUT2D eigenvalue weighted by atomic mass is 32.2. The Labute approximate surface area is 122 Å². The fourth-order valence-electron chi connectivity index (χ4n) is 2.85. The molecule has 0 spiro atoms. The van der Waals surface area contributed by atoms with Gasteiger partial charge in [0.2, 0.25) is 10.0 Å². The van der Waals surface area contributed by atoms with Crippen LogP contribution in [0.3, 0.4) is 0 Å². The van der Waals surface area contributed by atoms with Crippen molar-refractivity contribution in [3.05, 3.63) is 29.8 Å². The van der Waals surface area contributed by atoms with Gasteiger partial charge in [0, 0.05) is 12.6 Å². The first kappa shape index (κ1) is 15.5. The maximum absolute atomic E-state index is 12.4. The van der Waals surface area contributed by atoms with Crippen LogP contribution in [0.1, 0.15) is 38.7 Å². The number of nitrogens with one attached hydrogen (secondary N) is 2. The predicted molar refractivity (Wildman–Crippen MR) is 80.9 cm³/mol. The fraction of sp³-hybridized carbons (Fsp3) is 0.600. The summed E-state index contributed by atoms with van der Waals surface area (Å²) >= 11 is 0. The molecule has 2 N–H and O–H groups in total. The zero-order valence-electron chi connectivity index (χ0n) is 12.4. The molecule has 0 amide bonds. The molecule has 1 aliphatic rings. The van der Waals surface area contributed by atoms with Crippen LogP contribution in [-0.2, 0) is 16.6 Å². The second-order valence-corrected chi connectivity index (χ2v) is 8.12. The Morgan fingerprint density at radius 1 is 1.35 bits per heavy atom. The normalized spacial score (nSPS) is 22.1. The van der Waals surface area contributed by atoms with Gasteiger partial charge in [-0.05, 0) is 49.4 Å². The van der Waals surface area contributed by atoms with E-state index in [-0.39, 0.29) is 11.5 Å². The summed E-state index contributed by atoms with van der Waals surface area (Å²) in [5, 5.41) is 3.03. The molecular weight excluding hydrogens is 272 g/mol. The zero-order chi connectivity index (χ0) is 14.8. The molecule has 1 aromatic carbocycles. The molecule has 1 aromatic rings. The van der Waals surface area contributed by atoms with Crippen LogP contribution in [-0.4, -0.2) is 21.5 Å². The van der Waals surface area contributed by atoms with Crippen molar-refractivity contribution in [3.8, 4) is 0 Å². The lowest BCUT2D eigenvalue weighted by Crippen LogP contribution is -2.33. The van der Waals surface area contributed by atoms with Gasteiger partial charge < -0.3 is 5.32 Å². The van der Waals surface area contributed by atoms with E-state index in [0.717, 1.165) is 24.8 Å². The van der Waals surface area contributed by atoms with Gasteiger partial charge >= 0.3 is 0 Å². The van der Waals surface area contributed by atoms with Crippen molar-refractivity contribution in [1.82, 2.24) is 10.0 Å². The van der Waals surface area contributed by atoms with E-state index in [9.17, 15) is 8.42 Å². The number of sulfonamides is 1. The number of hydrogen-bond donors (Lipinski definition) is 2. The predicted octanol–water partition coefficient (Wildman–Crippen LogP) is 2.26. The lowest BCUT2D eigenvalue weighted by atomic mass is 9.92. The Balaban J connectivity index is 2.12. The van der Waals surface area contributed by atoms with Crippen molar-refractivity contribution in [1.29, 1.82) is 0 Å². The summed E-state index contributed by atoms with van der Waals surface area (Å²) in [5.41, 5.74) is 1.21. The van der Waals surface area contributed by atoms with E-state index < -0.39 is 10.0 Å².